The molecule has 1 fully saturated rings. The van der Waals surface area contributed by atoms with Crippen LogP contribution in [0.15, 0.2) is 54.7 Å². The maximum atomic E-state index is 13.9. The molecule has 6 heteroatoms. The third-order valence-electron chi connectivity index (χ3n) is 4.97. The number of para-hydroxylation sites is 1. The Kier molecular flexibility index (Phi) is 5.10. The van der Waals surface area contributed by atoms with E-state index in [9.17, 15) is 14.0 Å². The summed E-state index contributed by atoms with van der Waals surface area (Å²) in [6, 6.07) is 14.2. The zero-order chi connectivity index (χ0) is 19.5. The molecule has 4 rings (SSSR count). The van der Waals surface area contributed by atoms with Crippen LogP contribution in [0.5, 0.6) is 0 Å². The molecule has 0 atom stereocenters. The van der Waals surface area contributed by atoms with Crippen LogP contribution in [0.2, 0.25) is 0 Å². The van der Waals surface area contributed by atoms with Crippen LogP contribution in [0.4, 0.5) is 4.39 Å². The highest BCUT2D eigenvalue weighted by Crippen LogP contribution is 2.29. The first-order valence-electron chi connectivity index (χ1n) is 9.35. The smallest absolute Gasteiger partial charge is 0.310 e. The summed E-state index contributed by atoms with van der Waals surface area (Å²) in [6.45, 7) is -0.137. The summed E-state index contributed by atoms with van der Waals surface area (Å²) in [7, 11) is 0. The van der Waals surface area contributed by atoms with Crippen molar-refractivity contribution in [2.45, 2.75) is 31.8 Å². The molecule has 1 aliphatic rings. The minimum Gasteiger partial charge on any atom is -0.455 e. The maximum absolute atomic E-state index is 13.9. The van der Waals surface area contributed by atoms with Crippen LogP contribution in [0.1, 0.15) is 24.0 Å². The number of benzene rings is 2. The topological polar surface area (TPSA) is 62.4 Å². The highest BCUT2D eigenvalue weighted by molar-refractivity contribution is 5.88. The normalized spacial score (nSPS) is 13.5. The number of hydrogen-bond acceptors (Lipinski definition) is 3. The van der Waals surface area contributed by atoms with Crippen LogP contribution >= 0.6 is 0 Å². The van der Waals surface area contributed by atoms with Crippen LogP contribution in [0.25, 0.3) is 10.9 Å². The van der Waals surface area contributed by atoms with Gasteiger partial charge in [0.1, 0.15) is 5.82 Å². The lowest BCUT2D eigenvalue weighted by Crippen LogP contribution is -2.36. The first kappa shape index (κ1) is 18.2. The van der Waals surface area contributed by atoms with Crippen molar-refractivity contribution >= 4 is 22.8 Å². The number of amides is 1. The summed E-state index contributed by atoms with van der Waals surface area (Å²) in [5, 5.41) is 0.963. The summed E-state index contributed by atoms with van der Waals surface area (Å²) in [5.41, 5.74) is 2.25. The molecule has 5 nitrogen and oxygen atoms in total. The molecule has 2 aromatic carbocycles. The third kappa shape index (κ3) is 4.06. The van der Waals surface area contributed by atoms with Gasteiger partial charge in [-0.25, -0.2) is 4.39 Å². The van der Waals surface area contributed by atoms with E-state index in [1.54, 1.807) is 29.3 Å². The van der Waals surface area contributed by atoms with E-state index in [0.29, 0.717) is 5.56 Å². The fraction of sp³-hybridized carbons (Fsp3) is 0.273. The number of carbonyl (C=O) groups is 2. The van der Waals surface area contributed by atoms with Gasteiger partial charge in [-0.1, -0.05) is 36.4 Å². The van der Waals surface area contributed by atoms with Crippen molar-refractivity contribution in [3.05, 3.63) is 71.7 Å². The summed E-state index contributed by atoms with van der Waals surface area (Å²) < 4.78 is 19.1. The van der Waals surface area contributed by atoms with Crippen molar-refractivity contribution < 1.29 is 18.7 Å². The number of nitrogens with zero attached hydrogens (tertiary/aromatic N) is 1. The summed E-state index contributed by atoms with van der Waals surface area (Å²) in [6.07, 6.45) is 3.66. The number of carbonyl (C=O) groups excluding carboxylic acids is 2. The van der Waals surface area contributed by atoms with Crippen LogP contribution in [0, 0.1) is 5.82 Å². The second kappa shape index (κ2) is 7.84. The van der Waals surface area contributed by atoms with E-state index in [0.717, 1.165) is 29.3 Å². The molecule has 0 bridgehead atoms. The van der Waals surface area contributed by atoms with Gasteiger partial charge in [-0.2, -0.15) is 0 Å². The molecule has 3 aromatic rings. The number of nitrogens with one attached hydrogen (secondary N) is 1. The summed E-state index contributed by atoms with van der Waals surface area (Å²) in [4.78, 5) is 29.5. The van der Waals surface area contributed by atoms with Gasteiger partial charge in [-0.3, -0.25) is 9.59 Å². The number of aromatic amines is 1. The maximum Gasteiger partial charge on any atom is 0.310 e. The van der Waals surface area contributed by atoms with Gasteiger partial charge in [-0.05, 0) is 30.5 Å². The monoisotopic (exact) mass is 380 g/mol. The Morgan fingerprint density at radius 2 is 1.82 bits per heavy atom. The van der Waals surface area contributed by atoms with Gasteiger partial charge in [0.05, 0.1) is 6.42 Å². The second-order valence-corrected chi connectivity index (χ2v) is 7.04. The molecular weight excluding hydrogens is 359 g/mol. The van der Waals surface area contributed by atoms with E-state index in [4.69, 9.17) is 4.74 Å². The fourth-order valence-electron chi connectivity index (χ4n) is 3.33. The van der Waals surface area contributed by atoms with Crippen LogP contribution < -0.4 is 0 Å². The number of fused-ring (bicyclic) bond motifs is 1. The first-order chi connectivity index (χ1) is 13.6. The minimum absolute atomic E-state index is 0.0913. The number of ether oxygens (including phenoxy) is 1. The molecule has 0 saturated heterocycles. The molecule has 28 heavy (non-hydrogen) atoms. The lowest BCUT2D eigenvalue weighted by molar-refractivity contribution is -0.152. The molecule has 1 aliphatic carbocycles. The van der Waals surface area contributed by atoms with Gasteiger partial charge in [0.25, 0.3) is 5.91 Å². The van der Waals surface area contributed by atoms with Crippen LogP contribution in [0.3, 0.4) is 0 Å². The van der Waals surface area contributed by atoms with Crippen molar-refractivity contribution in [2.75, 3.05) is 6.61 Å². The predicted octanol–water partition coefficient (Wildman–Crippen LogP) is 3.58. The Morgan fingerprint density at radius 3 is 2.61 bits per heavy atom. The molecule has 1 N–H and O–H groups in total. The van der Waals surface area contributed by atoms with E-state index in [2.05, 4.69) is 4.98 Å². The Balaban J connectivity index is 1.35. The Bertz CT molecular complexity index is 1010. The molecule has 0 unspecified atom stereocenters. The largest absolute Gasteiger partial charge is 0.455 e. The SMILES string of the molecule is O=C(Cc1c[nH]c2ccccc12)OCC(=O)N(Cc1ccccc1F)C1CC1. The quantitative estimate of drug-likeness (QED) is 0.637. The van der Waals surface area contributed by atoms with Crippen molar-refractivity contribution in [1.29, 1.82) is 0 Å². The second-order valence-electron chi connectivity index (χ2n) is 7.04. The van der Waals surface area contributed by atoms with Gasteiger partial charge in [0, 0.05) is 35.2 Å². The number of aromatic nitrogens is 1. The first-order valence-corrected chi connectivity index (χ1v) is 9.35. The molecule has 1 aromatic heterocycles. The number of hydrogen-bond donors (Lipinski definition) is 1. The molecule has 1 amide bonds. The standard InChI is InChI=1S/C22H21FN2O3/c23-19-7-3-1-5-15(19)13-25(17-9-10-17)21(26)14-28-22(27)11-16-12-24-20-8-4-2-6-18(16)20/h1-8,12,17,24H,9-11,13-14H2. The predicted molar refractivity (Wildman–Crippen MR) is 103 cm³/mol. The molecule has 0 spiro atoms. The van der Waals surface area contributed by atoms with Gasteiger partial charge >= 0.3 is 5.97 Å². The Hall–Kier alpha value is -3.15. The molecule has 0 aliphatic heterocycles. The average Bonchev–Trinajstić information content (AvgIpc) is 3.47. The minimum atomic E-state index is -0.459. The molecule has 1 heterocycles. The molecule has 144 valence electrons. The highest BCUT2D eigenvalue weighted by atomic mass is 19.1. The van der Waals surface area contributed by atoms with Crippen LogP contribution in [-0.2, 0) is 27.3 Å². The van der Waals surface area contributed by atoms with Crippen molar-refractivity contribution in [1.82, 2.24) is 9.88 Å². The van der Waals surface area contributed by atoms with Gasteiger partial charge < -0.3 is 14.6 Å². The van der Waals surface area contributed by atoms with E-state index < -0.39 is 5.97 Å². The van der Waals surface area contributed by atoms with E-state index in [1.165, 1.54) is 6.07 Å². The summed E-state index contributed by atoms with van der Waals surface area (Å²) >= 11 is 0. The lowest BCUT2D eigenvalue weighted by atomic mass is 10.1. The van der Waals surface area contributed by atoms with E-state index in [1.807, 2.05) is 24.3 Å². The number of rotatable bonds is 7. The van der Waals surface area contributed by atoms with Crippen LogP contribution in [-0.4, -0.2) is 34.4 Å². The molecule has 1 saturated carbocycles. The zero-order valence-electron chi connectivity index (χ0n) is 15.4. The van der Waals surface area contributed by atoms with Gasteiger partial charge in [0.2, 0.25) is 0 Å². The van der Waals surface area contributed by atoms with E-state index >= 15 is 0 Å². The number of H-pyrrole nitrogens is 1. The number of halogens is 1. The molecular formula is C22H21FN2O3. The average molecular weight is 380 g/mol. The fourth-order valence-corrected chi connectivity index (χ4v) is 3.33. The zero-order valence-corrected chi connectivity index (χ0v) is 15.4. The lowest BCUT2D eigenvalue weighted by Gasteiger charge is -2.22. The Labute approximate surface area is 162 Å². The molecule has 0 radical (unpaired) electrons. The summed E-state index contributed by atoms with van der Waals surface area (Å²) in [5.74, 6) is -1.09. The van der Waals surface area contributed by atoms with Crippen molar-refractivity contribution in [3.8, 4) is 0 Å². The van der Waals surface area contributed by atoms with Gasteiger partial charge in [-0.15, -0.1) is 0 Å². The Morgan fingerprint density at radius 1 is 1.07 bits per heavy atom. The van der Waals surface area contributed by atoms with Crippen molar-refractivity contribution in [2.24, 2.45) is 0 Å². The van der Waals surface area contributed by atoms with Crippen molar-refractivity contribution in [3.63, 3.8) is 0 Å². The highest BCUT2D eigenvalue weighted by Gasteiger charge is 2.33. The van der Waals surface area contributed by atoms with Gasteiger partial charge in [0.15, 0.2) is 6.61 Å². The third-order valence-corrected chi connectivity index (χ3v) is 4.97. The number of esters is 1. The van der Waals surface area contributed by atoms with E-state index in [-0.39, 0.29) is 37.3 Å².